The van der Waals surface area contributed by atoms with Crippen molar-refractivity contribution in [3.05, 3.63) is 15.8 Å². The molecule has 0 fully saturated rings. The van der Waals surface area contributed by atoms with E-state index in [9.17, 15) is 8.42 Å². The van der Waals surface area contributed by atoms with Gasteiger partial charge in [-0.25, -0.2) is 13.1 Å². The Kier molecular flexibility index (Phi) is 3.07. The molecule has 0 saturated carbocycles. The van der Waals surface area contributed by atoms with E-state index >= 15 is 0 Å². The number of nitrogens with one attached hydrogen (secondary N) is 1. The summed E-state index contributed by atoms with van der Waals surface area (Å²) in [6, 6.07) is 1.62. The Hall–Kier alpha value is -0.430. The van der Waals surface area contributed by atoms with Crippen LogP contribution in [-0.2, 0) is 16.6 Å². The molecule has 0 aliphatic heterocycles. The minimum absolute atomic E-state index is 0.334. The van der Waals surface area contributed by atoms with Crippen molar-refractivity contribution in [1.29, 1.82) is 0 Å². The largest absolute Gasteiger partial charge is 0.326 e. The van der Waals surface area contributed by atoms with Crippen LogP contribution in [0.3, 0.4) is 0 Å². The van der Waals surface area contributed by atoms with Crippen LogP contribution in [0.5, 0.6) is 0 Å². The van der Waals surface area contributed by atoms with E-state index in [1.54, 1.807) is 13.0 Å². The number of aryl methyl sites for hydroxylation is 1. The van der Waals surface area contributed by atoms with Crippen LogP contribution in [0.2, 0.25) is 0 Å². The maximum absolute atomic E-state index is 11.4. The molecule has 13 heavy (non-hydrogen) atoms. The first-order chi connectivity index (χ1) is 6.01. The van der Waals surface area contributed by atoms with Gasteiger partial charge in [0.25, 0.3) is 0 Å². The van der Waals surface area contributed by atoms with Gasteiger partial charge in [-0.1, -0.05) is 0 Å². The molecule has 0 amide bonds. The van der Waals surface area contributed by atoms with Crippen LogP contribution in [0.15, 0.2) is 11.0 Å². The summed E-state index contributed by atoms with van der Waals surface area (Å²) >= 11 is 1.41. The molecule has 0 aliphatic rings. The highest BCUT2D eigenvalue weighted by molar-refractivity contribution is 7.89. The van der Waals surface area contributed by atoms with Crippen molar-refractivity contribution in [2.24, 2.45) is 5.73 Å². The fraction of sp³-hybridized carbons (Fsp3) is 0.429. The molecule has 0 aliphatic carbocycles. The van der Waals surface area contributed by atoms with E-state index in [1.807, 2.05) is 0 Å². The number of nitrogens with two attached hydrogens (primary N) is 1. The summed E-state index contributed by atoms with van der Waals surface area (Å²) in [6.07, 6.45) is 0. The molecule has 1 aromatic heterocycles. The second-order valence-electron chi connectivity index (χ2n) is 2.54. The molecule has 6 heteroatoms. The maximum Gasteiger partial charge on any atom is 0.241 e. The predicted molar refractivity (Wildman–Crippen MR) is 53.2 cm³/mol. The van der Waals surface area contributed by atoms with Crippen LogP contribution >= 0.6 is 11.3 Å². The second kappa shape index (κ2) is 3.75. The summed E-state index contributed by atoms with van der Waals surface area (Å²) < 4.78 is 25.1. The summed E-state index contributed by atoms with van der Waals surface area (Å²) in [5.41, 5.74) is 5.41. The number of hydrogen-bond acceptors (Lipinski definition) is 4. The van der Waals surface area contributed by atoms with Gasteiger partial charge in [-0.2, -0.15) is 0 Å². The van der Waals surface area contributed by atoms with Gasteiger partial charge in [0.2, 0.25) is 10.0 Å². The first-order valence-electron chi connectivity index (χ1n) is 3.74. The van der Waals surface area contributed by atoms with Crippen molar-refractivity contribution in [2.75, 3.05) is 7.05 Å². The van der Waals surface area contributed by atoms with E-state index in [-0.39, 0.29) is 0 Å². The zero-order valence-electron chi connectivity index (χ0n) is 7.49. The molecule has 3 N–H and O–H groups in total. The first kappa shape index (κ1) is 10.6. The third-order valence-electron chi connectivity index (χ3n) is 1.68. The Balaban J connectivity index is 3.23. The second-order valence-corrected chi connectivity index (χ2v) is 5.74. The van der Waals surface area contributed by atoms with Crippen molar-refractivity contribution in [3.8, 4) is 0 Å². The molecule has 1 heterocycles. The van der Waals surface area contributed by atoms with Crippen molar-refractivity contribution >= 4 is 21.4 Å². The number of sulfonamides is 1. The van der Waals surface area contributed by atoms with Crippen LogP contribution in [-0.4, -0.2) is 15.5 Å². The predicted octanol–water partition coefficient (Wildman–Crippen LogP) is 0.423. The quantitative estimate of drug-likeness (QED) is 0.775. The number of thiophene rings is 1. The lowest BCUT2D eigenvalue weighted by Gasteiger charge is -1.98. The normalized spacial score (nSPS) is 11.9. The number of hydrogen-bond donors (Lipinski definition) is 2. The van der Waals surface area contributed by atoms with Gasteiger partial charge in [-0.3, -0.25) is 0 Å². The van der Waals surface area contributed by atoms with E-state index in [2.05, 4.69) is 4.72 Å². The molecule has 0 radical (unpaired) electrons. The van der Waals surface area contributed by atoms with Gasteiger partial charge in [0.1, 0.15) is 0 Å². The average molecular weight is 220 g/mol. The lowest BCUT2D eigenvalue weighted by atomic mass is 10.4. The SMILES string of the molecule is CNS(=O)(=O)c1cc(CN)sc1C. The summed E-state index contributed by atoms with van der Waals surface area (Å²) in [7, 11) is -1.92. The van der Waals surface area contributed by atoms with Crippen LogP contribution in [0, 0.1) is 6.92 Å². The van der Waals surface area contributed by atoms with Crippen molar-refractivity contribution < 1.29 is 8.42 Å². The van der Waals surface area contributed by atoms with E-state index in [0.29, 0.717) is 11.4 Å². The molecule has 0 aromatic carbocycles. The first-order valence-corrected chi connectivity index (χ1v) is 6.04. The highest BCUT2D eigenvalue weighted by Crippen LogP contribution is 2.24. The van der Waals surface area contributed by atoms with E-state index < -0.39 is 10.0 Å². The summed E-state index contributed by atoms with van der Waals surface area (Å²) in [4.78, 5) is 1.99. The molecular formula is C7H12N2O2S2. The zero-order valence-corrected chi connectivity index (χ0v) is 9.13. The highest BCUT2D eigenvalue weighted by Gasteiger charge is 2.17. The average Bonchev–Trinajstić information content (AvgIpc) is 2.47. The fourth-order valence-electron chi connectivity index (χ4n) is 1.00. The molecule has 4 nitrogen and oxygen atoms in total. The smallest absolute Gasteiger partial charge is 0.241 e. The molecule has 0 unspecified atom stereocenters. The van der Waals surface area contributed by atoms with Gasteiger partial charge >= 0.3 is 0 Å². The van der Waals surface area contributed by atoms with E-state index in [1.165, 1.54) is 18.4 Å². The van der Waals surface area contributed by atoms with Gasteiger partial charge in [0, 0.05) is 16.3 Å². The summed E-state index contributed by atoms with van der Waals surface area (Å²) in [5.74, 6) is 0. The molecule has 74 valence electrons. The van der Waals surface area contributed by atoms with Crippen molar-refractivity contribution in [2.45, 2.75) is 18.4 Å². The summed E-state index contributed by atoms with van der Waals surface area (Å²) in [5, 5.41) is 0. The molecule has 1 rings (SSSR count). The molecule has 0 atom stereocenters. The fourth-order valence-corrected chi connectivity index (χ4v) is 3.24. The third-order valence-corrected chi connectivity index (χ3v) is 4.43. The lowest BCUT2D eigenvalue weighted by molar-refractivity contribution is 0.588. The Labute approximate surface area is 81.8 Å². The standard InChI is InChI=1S/C7H12N2O2S2/c1-5-7(13(10,11)9-2)3-6(4-8)12-5/h3,9H,4,8H2,1-2H3. The molecular weight excluding hydrogens is 208 g/mol. The van der Waals surface area contributed by atoms with Crippen LogP contribution in [0.4, 0.5) is 0 Å². The topological polar surface area (TPSA) is 72.2 Å². The Morgan fingerprint density at radius 3 is 2.62 bits per heavy atom. The minimum atomic E-state index is -3.31. The van der Waals surface area contributed by atoms with Crippen LogP contribution in [0.1, 0.15) is 9.75 Å². The number of rotatable bonds is 3. The molecule has 0 bridgehead atoms. The maximum atomic E-state index is 11.4. The van der Waals surface area contributed by atoms with Gasteiger partial charge in [0.05, 0.1) is 4.90 Å². The summed E-state index contributed by atoms with van der Waals surface area (Å²) in [6.45, 7) is 2.15. The molecule has 0 saturated heterocycles. The minimum Gasteiger partial charge on any atom is -0.326 e. The van der Waals surface area contributed by atoms with Gasteiger partial charge in [0.15, 0.2) is 0 Å². The molecule has 1 aromatic rings. The van der Waals surface area contributed by atoms with E-state index in [0.717, 1.165) is 9.75 Å². The van der Waals surface area contributed by atoms with Crippen molar-refractivity contribution in [1.82, 2.24) is 4.72 Å². The Morgan fingerprint density at radius 2 is 2.23 bits per heavy atom. The zero-order chi connectivity index (χ0) is 10.1. The van der Waals surface area contributed by atoms with Gasteiger partial charge in [-0.05, 0) is 20.0 Å². The monoisotopic (exact) mass is 220 g/mol. The van der Waals surface area contributed by atoms with Crippen LogP contribution in [0.25, 0.3) is 0 Å². The van der Waals surface area contributed by atoms with Gasteiger partial charge < -0.3 is 5.73 Å². The Morgan fingerprint density at radius 1 is 1.62 bits per heavy atom. The Bertz CT molecular complexity index is 395. The van der Waals surface area contributed by atoms with Crippen molar-refractivity contribution in [3.63, 3.8) is 0 Å². The lowest BCUT2D eigenvalue weighted by Crippen LogP contribution is -2.18. The van der Waals surface area contributed by atoms with Gasteiger partial charge in [-0.15, -0.1) is 11.3 Å². The third kappa shape index (κ3) is 2.08. The van der Waals surface area contributed by atoms with Crippen LogP contribution < -0.4 is 10.5 Å². The molecule has 0 spiro atoms. The van der Waals surface area contributed by atoms with E-state index in [4.69, 9.17) is 5.73 Å². The highest BCUT2D eigenvalue weighted by atomic mass is 32.2.